The van der Waals surface area contributed by atoms with Crippen LogP contribution in [0.2, 0.25) is 0 Å². The summed E-state index contributed by atoms with van der Waals surface area (Å²) in [6, 6.07) is 13.2. The maximum absolute atomic E-state index is 6.07. The molecule has 2 N–H and O–H groups in total. The molecule has 3 aromatic rings. The van der Waals surface area contributed by atoms with Crippen LogP contribution in [0.15, 0.2) is 57.6 Å². The molecule has 1 unspecified atom stereocenters. The number of hydrogen-bond donors (Lipinski definition) is 1. The lowest BCUT2D eigenvalue weighted by atomic mass is 10.1. The van der Waals surface area contributed by atoms with Gasteiger partial charge in [-0.1, -0.05) is 30.3 Å². The number of rotatable bonds is 4. The second-order valence-corrected chi connectivity index (χ2v) is 4.22. The fourth-order valence-corrected chi connectivity index (χ4v) is 1.84. The lowest BCUT2D eigenvalue weighted by molar-refractivity contribution is 0.444. The molecule has 1 atom stereocenters. The smallest absolute Gasteiger partial charge is 0.283 e. The Kier molecular flexibility index (Phi) is 3.12. The minimum atomic E-state index is -0.321. The Labute approximate surface area is 110 Å². The first-order valence-corrected chi connectivity index (χ1v) is 6.00. The van der Waals surface area contributed by atoms with E-state index in [0.717, 1.165) is 5.56 Å². The van der Waals surface area contributed by atoms with Gasteiger partial charge in [0, 0.05) is 0 Å². The van der Waals surface area contributed by atoms with Gasteiger partial charge in [0.2, 0.25) is 5.89 Å². The molecule has 0 spiro atoms. The Morgan fingerprint density at radius 2 is 1.89 bits per heavy atom. The zero-order chi connectivity index (χ0) is 13.1. The SMILES string of the molecule is NC(Cc1ccccc1)c1nnc(-c2ccco2)o1. The Bertz CT molecular complexity index is 632. The number of aromatic nitrogens is 2. The molecule has 0 aliphatic rings. The summed E-state index contributed by atoms with van der Waals surface area (Å²) in [6.07, 6.45) is 2.21. The van der Waals surface area contributed by atoms with Crippen LogP contribution in [0.4, 0.5) is 0 Å². The molecule has 0 amide bonds. The van der Waals surface area contributed by atoms with E-state index in [0.29, 0.717) is 24.0 Å². The van der Waals surface area contributed by atoms with Gasteiger partial charge in [-0.05, 0) is 24.1 Å². The van der Waals surface area contributed by atoms with Gasteiger partial charge in [0.05, 0.1) is 12.3 Å². The van der Waals surface area contributed by atoms with E-state index in [1.807, 2.05) is 30.3 Å². The second kappa shape index (κ2) is 5.07. The molecule has 5 nitrogen and oxygen atoms in total. The summed E-state index contributed by atoms with van der Waals surface area (Å²) in [5, 5.41) is 7.90. The van der Waals surface area contributed by atoms with Crippen LogP contribution < -0.4 is 5.73 Å². The van der Waals surface area contributed by atoms with E-state index in [1.54, 1.807) is 18.4 Å². The monoisotopic (exact) mass is 255 g/mol. The Morgan fingerprint density at radius 1 is 1.05 bits per heavy atom. The van der Waals surface area contributed by atoms with Gasteiger partial charge in [0.1, 0.15) is 0 Å². The number of nitrogens with zero attached hydrogens (tertiary/aromatic N) is 2. The minimum absolute atomic E-state index is 0.321. The summed E-state index contributed by atoms with van der Waals surface area (Å²) < 4.78 is 10.7. The second-order valence-electron chi connectivity index (χ2n) is 4.22. The van der Waals surface area contributed by atoms with Gasteiger partial charge >= 0.3 is 0 Å². The molecule has 0 radical (unpaired) electrons. The first-order valence-electron chi connectivity index (χ1n) is 6.00. The largest absolute Gasteiger partial charge is 0.459 e. The van der Waals surface area contributed by atoms with Crippen molar-refractivity contribution >= 4 is 0 Å². The van der Waals surface area contributed by atoms with E-state index in [1.165, 1.54) is 0 Å². The Balaban J connectivity index is 1.76. The van der Waals surface area contributed by atoms with Crippen LogP contribution in [0.1, 0.15) is 17.5 Å². The summed E-state index contributed by atoms with van der Waals surface area (Å²) in [6.45, 7) is 0. The van der Waals surface area contributed by atoms with Crippen LogP contribution in [0.25, 0.3) is 11.7 Å². The number of hydrogen-bond acceptors (Lipinski definition) is 5. The van der Waals surface area contributed by atoms with E-state index in [2.05, 4.69) is 10.2 Å². The van der Waals surface area contributed by atoms with E-state index in [4.69, 9.17) is 14.6 Å². The third-order valence-electron chi connectivity index (χ3n) is 2.79. The molecule has 0 fully saturated rings. The topological polar surface area (TPSA) is 78.1 Å². The van der Waals surface area contributed by atoms with Gasteiger partial charge in [-0.25, -0.2) is 0 Å². The molecule has 19 heavy (non-hydrogen) atoms. The first-order chi connectivity index (χ1) is 9.33. The van der Waals surface area contributed by atoms with Crippen LogP contribution in [0.5, 0.6) is 0 Å². The van der Waals surface area contributed by atoms with E-state index >= 15 is 0 Å². The predicted molar refractivity (Wildman–Crippen MR) is 69.1 cm³/mol. The molecule has 2 heterocycles. The molecule has 0 aliphatic carbocycles. The van der Waals surface area contributed by atoms with E-state index in [-0.39, 0.29) is 6.04 Å². The molecule has 2 aromatic heterocycles. The molecule has 3 rings (SSSR count). The highest BCUT2D eigenvalue weighted by Crippen LogP contribution is 2.21. The van der Waals surface area contributed by atoms with Crippen molar-refractivity contribution in [3.63, 3.8) is 0 Å². The third-order valence-corrected chi connectivity index (χ3v) is 2.79. The summed E-state index contributed by atoms with van der Waals surface area (Å²) in [7, 11) is 0. The number of benzene rings is 1. The molecule has 0 saturated carbocycles. The molecule has 0 saturated heterocycles. The van der Waals surface area contributed by atoms with Gasteiger partial charge < -0.3 is 14.6 Å². The van der Waals surface area contributed by atoms with Crippen LogP contribution in [0, 0.1) is 0 Å². The summed E-state index contributed by atoms with van der Waals surface area (Å²) in [4.78, 5) is 0. The van der Waals surface area contributed by atoms with Crippen molar-refractivity contribution in [2.24, 2.45) is 5.73 Å². The third kappa shape index (κ3) is 2.56. The van der Waals surface area contributed by atoms with Crippen LogP contribution in [-0.2, 0) is 6.42 Å². The highest BCUT2D eigenvalue weighted by Gasteiger charge is 2.17. The number of nitrogens with two attached hydrogens (primary N) is 1. The Morgan fingerprint density at radius 3 is 2.63 bits per heavy atom. The molecule has 96 valence electrons. The quantitative estimate of drug-likeness (QED) is 0.775. The molecule has 5 heteroatoms. The lowest BCUT2D eigenvalue weighted by Gasteiger charge is -2.06. The molecular weight excluding hydrogens is 242 g/mol. The molecular formula is C14H13N3O2. The van der Waals surface area contributed by atoms with Gasteiger partial charge in [-0.2, -0.15) is 0 Å². The van der Waals surface area contributed by atoms with Crippen molar-refractivity contribution < 1.29 is 8.83 Å². The van der Waals surface area contributed by atoms with Gasteiger partial charge in [0.15, 0.2) is 5.76 Å². The normalized spacial score (nSPS) is 12.5. The van der Waals surface area contributed by atoms with Gasteiger partial charge in [-0.3, -0.25) is 0 Å². The van der Waals surface area contributed by atoms with Crippen molar-refractivity contribution in [2.45, 2.75) is 12.5 Å². The van der Waals surface area contributed by atoms with E-state index < -0.39 is 0 Å². The van der Waals surface area contributed by atoms with E-state index in [9.17, 15) is 0 Å². The maximum atomic E-state index is 6.07. The molecule has 0 bridgehead atoms. The highest BCUT2D eigenvalue weighted by molar-refractivity contribution is 5.42. The fourth-order valence-electron chi connectivity index (χ4n) is 1.84. The van der Waals surface area contributed by atoms with Crippen molar-refractivity contribution in [3.05, 3.63) is 60.2 Å². The summed E-state index contributed by atoms with van der Waals surface area (Å²) in [5.74, 6) is 1.31. The summed E-state index contributed by atoms with van der Waals surface area (Å²) in [5.41, 5.74) is 7.20. The predicted octanol–water partition coefficient (Wildman–Crippen LogP) is 2.57. The highest BCUT2D eigenvalue weighted by atomic mass is 16.4. The average molecular weight is 255 g/mol. The zero-order valence-electron chi connectivity index (χ0n) is 10.2. The maximum Gasteiger partial charge on any atom is 0.283 e. The van der Waals surface area contributed by atoms with Crippen LogP contribution in [0.3, 0.4) is 0 Å². The standard InChI is InChI=1S/C14H13N3O2/c15-11(9-10-5-2-1-3-6-10)13-16-17-14(19-13)12-7-4-8-18-12/h1-8,11H,9,15H2. The van der Waals surface area contributed by atoms with Crippen molar-refractivity contribution in [3.8, 4) is 11.7 Å². The van der Waals surface area contributed by atoms with Crippen LogP contribution in [-0.4, -0.2) is 10.2 Å². The Hall–Kier alpha value is -2.40. The lowest BCUT2D eigenvalue weighted by Crippen LogP contribution is -2.13. The fraction of sp³-hybridized carbons (Fsp3) is 0.143. The first kappa shape index (κ1) is 11.7. The van der Waals surface area contributed by atoms with Crippen molar-refractivity contribution in [1.29, 1.82) is 0 Å². The average Bonchev–Trinajstić information content (AvgIpc) is 3.11. The minimum Gasteiger partial charge on any atom is -0.459 e. The zero-order valence-corrected chi connectivity index (χ0v) is 10.2. The van der Waals surface area contributed by atoms with Crippen LogP contribution >= 0.6 is 0 Å². The summed E-state index contributed by atoms with van der Waals surface area (Å²) >= 11 is 0. The van der Waals surface area contributed by atoms with Crippen molar-refractivity contribution in [2.75, 3.05) is 0 Å². The van der Waals surface area contributed by atoms with Crippen molar-refractivity contribution in [1.82, 2.24) is 10.2 Å². The molecule has 0 aliphatic heterocycles. The van der Waals surface area contributed by atoms with Gasteiger partial charge in [0.25, 0.3) is 5.89 Å². The van der Waals surface area contributed by atoms with Gasteiger partial charge in [-0.15, -0.1) is 10.2 Å². The molecule has 1 aromatic carbocycles. The number of furan rings is 1.